The largest absolute Gasteiger partial charge is 0.333 e. The first kappa shape index (κ1) is 18.5. The van der Waals surface area contributed by atoms with Crippen LogP contribution in [-0.2, 0) is 17.9 Å². The highest BCUT2D eigenvalue weighted by atomic mass is 19.1. The predicted octanol–water partition coefficient (Wildman–Crippen LogP) is 1.47. The number of amides is 1. The Labute approximate surface area is 162 Å². The number of carbonyl (C=O) groups is 1. The van der Waals surface area contributed by atoms with E-state index in [0.29, 0.717) is 19.2 Å². The van der Waals surface area contributed by atoms with Gasteiger partial charge >= 0.3 is 11.1 Å². The minimum atomic E-state index is -0.960. The van der Waals surface area contributed by atoms with Gasteiger partial charge in [0.1, 0.15) is 18.2 Å². The van der Waals surface area contributed by atoms with E-state index in [0.717, 1.165) is 22.5 Å². The van der Waals surface area contributed by atoms with E-state index < -0.39 is 35.2 Å². The number of fused-ring (bicyclic) bond motifs is 1. The van der Waals surface area contributed by atoms with Crippen LogP contribution in [0.2, 0.25) is 0 Å². The lowest BCUT2D eigenvalue weighted by Gasteiger charge is -2.17. The van der Waals surface area contributed by atoms with Crippen LogP contribution in [0.25, 0.3) is 0 Å². The summed E-state index contributed by atoms with van der Waals surface area (Å²) in [5.74, 6) is -2.28. The van der Waals surface area contributed by atoms with Crippen LogP contribution in [0.1, 0.15) is 0 Å². The summed E-state index contributed by atoms with van der Waals surface area (Å²) in [7, 11) is 0. The molecule has 29 heavy (non-hydrogen) atoms. The fourth-order valence-electron chi connectivity index (χ4n) is 3.10. The molecule has 1 N–H and O–H groups in total. The van der Waals surface area contributed by atoms with Gasteiger partial charge in [0.05, 0.1) is 5.69 Å². The number of carbonyl (C=O) groups excluding carboxylic acids is 1. The number of halogens is 2. The molecule has 1 amide bonds. The van der Waals surface area contributed by atoms with Crippen molar-refractivity contribution in [1.29, 1.82) is 0 Å². The standard InChI is InChI=1S/C19H15F2N5O3/c20-12-6-7-15(14(21)10-12)22-16(27)11-26-18(29)17(28)25-9-8-24(19(25)23-26)13-4-2-1-3-5-13/h1-7,10H,8-9,11H2,(H,22,27). The van der Waals surface area contributed by atoms with Crippen molar-refractivity contribution in [2.45, 2.75) is 13.1 Å². The molecule has 8 nitrogen and oxygen atoms in total. The maximum atomic E-state index is 13.7. The lowest BCUT2D eigenvalue weighted by molar-refractivity contribution is -0.117. The number of aromatic nitrogens is 3. The van der Waals surface area contributed by atoms with E-state index in [-0.39, 0.29) is 11.6 Å². The molecule has 0 unspecified atom stereocenters. The third-order valence-electron chi connectivity index (χ3n) is 4.47. The zero-order valence-corrected chi connectivity index (χ0v) is 15.0. The number of nitrogens with zero attached hydrogens (tertiary/aromatic N) is 4. The number of nitrogens with one attached hydrogen (secondary N) is 1. The van der Waals surface area contributed by atoms with Gasteiger partial charge in [0, 0.05) is 24.8 Å². The van der Waals surface area contributed by atoms with Crippen LogP contribution in [-0.4, -0.2) is 26.8 Å². The SMILES string of the molecule is O=C(Cn1nc2n(c(=O)c1=O)CCN2c1ccccc1)Nc1ccc(F)cc1F. The molecule has 0 spiro atoms. The number of rotatable bonds is 4. The molecule has 0 radical (unpaired) electrons. The van der Waals surface area contributed by atoms with Crippen molar-refractivity contribution in [3.05, 3.63) is 80.9 Å². The summed E-state index contributed by atoms with van der Waals surface area (Å²) in [5.41, 5.74) is -1.21. The molecule has 0 bridgehead atoms. The van der Waals surface area contributed by atoms with Gasteiger partial charge in [-0.3, -0.25) is 19.0 Å². The first-order valence-electron chi connectivity index (χ1n) is 8.73. The number of benzene rings is 2. The molecule has 1 aromatic heterocycles. The molecule has 1 aliphatic rings. The quantitative estimate of drug-likeness (QED) is 0.672. The fraction of sp³-hybridized carbons (Fsp3) is 0.158. The summed E-state index contributed by atoms with van der Waals surface area (Å²) >= 11 is 0. The highest BCUT2D eigenvalue weighted by Crippen LogP contribution is 2.25. The Morgan fingerprint density at radius 2 is 1.79 bits per heavy atom. The van der Waals surface area contributed by atoms with Crippen LogP contribution in [0.5, 0.6) is 0 Å². The minimum Gasteiger partial charge on any atom is -0.322 e. The molecule has 0 atom stereocenters. The average Bonchev–Trinajstić information content (AvgIpc) is 3.12. The third kappa shape index (κ3) is 3.51. The van der Waals surface area contributed by atoms with Crippen LogP contribution in [0.15, 0.2) is 58.1 Å². The van der Waals surface area contributed by atoms with E-state index >= 15 is 0 Å². The van der Waals surface area contributed by atoms with E-state index in [1.165, 1.54) is 4.57 Å². The fourth-order valence-corrected chi connectivity index (χ4v) is 3.10. The number of hydrogen-bond acceptors (Lipinski definition) is 5. The average molecular weight is 399 g/mol. The summed E-state index contributed by atoms with van der Waals surface area (Å²) in [6.45, 7) is 0.142. The monoisotopic (exact) mass is 399 g/mol. The zero-order valence-electron chi connectivity index (χ0n) is 15.0. The van der Waals surface area contributed by atoms with E-state index in [1.807, 2.05) is 30.3 Å². The van der Waals surface area contributed by atoms with Crippen molar-refractivity contribution in [1.82, 2.24) is 14.3 Å². The van der Waals surface area contributed by atoms with E-state index in [2.05, 4.69) is 10.4 Å². The van der Waals surface area contributed by atoms with Crippen molar-refractivity contribution < 1.29 is 13.6 Å². The van der Waals surface area contributed by atoms with Gasteiger partial charge in [-0.15, -0.1) is 5.10 Å². The summed E-state index contributed by atoms with van der Waals surface area (Å²) < 4.78 is 28.7. The second-order valence-electron chi connectivity index (χ2n) is 6.38. The summed E-state index contributed by atoms with van der Waals surface area (Å²) in [6, 6.07) is 11.9. The highest BCUT2D eigenvalue weighted by Gasteiger charge is 2.26. The maximum Gasteiger partial charge on any atom is 0.333 e. The predicted molar refractivity (Wildman–Crippen MR) is 101 cm³/mol. The molecule has 2 heterocycles. The molecular weight excluding hydrogens is 384 g/mol. The second-order valence-corrected chi connectivity index (χ2v) is 6.38. The van der Waals surface area contributed by atoms with Gasteiger partial charge < -0.3 is 10.2 Å². The molecule has 148 valence electrons. The molecule has 4 rings (SSSR count). The zero-order chi connectivity index (χ0) is 20.5. The lowest BCUT2D eigenvalue weighted by atomic mass is 10.3. The Hall–Kier alpha value is -3.82. The van der Waals surface area contributed by atoms with Gasteiger partial charge in [-0.1, -0.05) is 18.2 Å². The van der Waals surface area contributed by atoms with Gasteiger partial charge in [0.25, 0.3) is 0 Å². The van der Waals surface area contributed by atoms with E-state index in [1.54, 1.807) is 4.90 Å². The number of hydrogen-bond donors (Lipinski definition) is 1. The van der Waals surface area contributed by atoms with Crippen molar-refractivity contribution in [2.75, 3.05) is 16.8 Å². The van der Waals surface area contributed by atoms with Crippen LogP contribution in [0, 0.1) is 11.6 Å². The maximum absolute atomic E-state index is 13.7. The molecule has 0 aliphatic carbocycles. The highest BCUT2D eigenvalue weighted by molar-refractivity contribution is 5.90. The van der Waals surface area contributed by atoms with E-state index in [9.17, 15) is 23.2 Å². The summed E-state index contributed by atoms with van der Waals surface area (Å²) in [6.07, 6.45) is 0. The molecule has 3 aromatic rings. The van der Waals surface area contributed by atoms with Crippen LogP contribution >= 0.6 is 0 Å². The molecule has 1 aliphatic heterocycles. The second kappa shape index (κ2) is 7.30. The van der Waals surface area contributed by atoms with Gasteiger partial charge in [-0.2, -0.15) is 0 Å². The van der Waals surface area contributed by atoms with Gasteiger partial charge in [0.15, 0.2) is 0 Å². The van der Waals surface area contributed by atoms with Crippen molar-refractivity contribution in [3.8, 4) is 0 Å². The summed E-state index contributed by atoms with van der Waals surface area (Å²) in [5, 5.41) is 6.41. The van der Waals surface area contributed by atoms with E-state index in [4.69, 9.17) is 0 Å². The number of anilines is 3. The lowest BCUT2D eigenvalue weighted by Crippen LogP contribution is -2.44. The van der Waals surface area contributed by atoms with Crippen molar-refractivity contribution >= 4 is 23.2 Å². The van der Waals surface area contributed by atoms with Gasteiger partial charge in [-0.25, -0.2) is 13.5 Å². The van der Waals surface area contributed by atoms with Gasteiger partial charge in [0.2, 0.25) is 11.9 Å². The van der Waals surface area contributed by atoms with Crippen molar-refractivity contribution in [3.63, 3.8) is 0 Å². The third-order valence-corrected chi connectivity index (χ3v) is 4.47. The number of para-hydroxylation sites is 1. The molecule has 0 fully saturated rings. The Morgan fingerprint density at radius 3 is 2.52 bits per heavy atom. The molecule has 0 saturated carbocycles. The van der Waals surface area contributed by atoms with Crippen LogP contribution in [0.4, 0.5) is 26.1 Å². The Kier molecular flexibility index (Phi) is 4.67. The van der Waals surface area contributed by atoms with Gasteiger partial charge in [-0.05, 0) is 24.3 Å². The molecule has 2 aromatic carbocycles. The van der Waals surface area contributed by atoms with Crippen LogP contribution < -0.4 is 21.3 Å². The molecule has 0 saturated heterocycles. The first-order chi connectivity index (χ1) is 13.9. The topological polar surface area (TPSA) is 89.2 Å². The van der Waals surface area contributed by atoms with Crippen molar-refractivity contribution in [2.24, 2.45) is 0 Å². The smallest absolute Gasteiger partial charge is 0.322 e. The normalized spacial score (nSPS) is 12.7. The first-order valence-corrected chi connectivity index (χ1v) is 8.73. The Bertz CT molecular complexity index is 1210. The molecular formula is C19H15F2N5O3. The van der Waals surface area contributed by atoms with Crippen LogP contribution in [0.3, 0.4) is 0 Å². The Morgan fingerprint density at radius 1 is 1.03 bits per heavy atom. The Balaban J connectivity index is 1.63. The minimum absolute atomic E-state index is 0.238. The molecule has 10 heteroatoms. The summed E-state index contributed by atoms with van der Waals surface area (Å²) in [4.78, 5) is 38.7.